The molecule has 0 aliphatic carbocycles. The van der Waals surface area contributed by atoms with Crippen LogP contribution >= 0.6 is 0 Å². The molecule has 0 radical (unpaired) electrons. The highest BCUT2D eigenvalue weighted by Crippen LogP contribution is 2.27. The molecule has 0 atom stereocenters. The SMILES string of the molecule is CC(C)CC(=O)N1CCCn2ncc(N)c21. The van der Waals surface area contributed by atoms with E-state index in [4.69, 9.17) is 5.73 Å². The molecule has 0 spiro atoms. The van der Waals surface area contributed by atoms with Crippen LogP contribution < -0.4 is 10.6 Å². The highest BCUT2D eigenvalue weighted by molar-refractivity contribution is 5.95. The fourth-order valence-electron chi connectivity index (χ4n) is 2.04. The second-order valence-electron chi connectivity index (χ2n) is 4.64. The predicted molar refractivity (Wildman–Crippen MR) is 63.1 cm³/mol. The van der Waals surface area contributed by atoms with Gasteiger partial charge in [0.2, 0.25) is 5.91 Å². The van der Waals surface area contributed by atoms with Crippen LogP contribution in [0.3, 0.4) is 0 Å². The predicted octanol–water partition coefficient (Wildman–Crippen LogP) is 1.25. The molecule has 1 amide bonds. The minimum absolute atomic E-state index is 0.142. The van der Waals surface area contributed by atoms with Crippen molar-refractivity contribution in [3.8, 4) is 0 Å². The van der Waals surface area contributed by atoms with E-state index in [1.165, 1.54) is 0 Å². The lowest BCUT2D eigenvalue weighted by molar-refractivity contribution is -0.119. The molecule has 2 N–H and O–H groups in total. The number of aryl methyl sites for hydroxylation is 1. The molecule has 1 aliphatic heterocycles. The zero-order chi connectivity index (χ0) is 11.7. The third-order valence-corrected chi connectivity index (χ3v) is 2.73. The van der Waals surface area contributed by atoms with Crippen LogP contribution in [0.25, 0.3) is 0 Å². The number of amides is 1. The van der Waals surface area contributed by atoms with Crippen LogP contribution in [0.1, 0.15) is 26.7 Å². The summed E-state index contributed by atoms with van der Waals surface area (Å²) in [5.41, 5.74) is 6.44. The van der Waals surface area contributed by atoms with Gasteiger partial charge >= 0.3 is 0 Å². The molecular weight excluding hydrogens is 204 g/mol. The number of hydrogen-bond donors (Lipinski definition) is 1. The zero-order valence-electron chi connectivity index (χ0n) is 9.81. The van der Waals surface area contributed by atoms with Crippen LogP contribution in [-0.2, 0) is 11.3 Å². The summed E-state index contributed by atoms with van der Waals surface area (Å²) in [5, 5.41) is 4.17. The number of hydrogen-bond acceptors (Lipinski definition) is 3. The quantitative estimate of drug-likeness (QED) is 0.819. The lowest BCUT2D eigenvalue weighted by Crippen LogP contribution is -2.38. The summed E-state index contributed by atoms with van der Waals surface area (Å²) in [5.74, 6) is 1.28. The zero-order valence-corrected chi connectivity index (χ0v) is 9.81. The lowest BCUT2D eigenvalue weighted by Gasteiger charge is -2.28. The summed E-state index contributed by atoms with van der Waals surface area (Å²) < 4.78 is 1.82. The first-order valence-corrected chi connectivity index (χ1v) is 5.71. The van der Waals surface area contributed by atoms with Crippen LogP contribution in [0.4, 0.5) is 11.5 Å². The van der Waals surface area contributed by atoms with Crippen LogP contribution in [0.5, 0.6) is 0 Å². The number of nitrogens with two attached hydrogens (primary N) is 1. The van der Waals surface area contributed by atoms with E-state index in [0.717, 1.165) is 25.3 Å². The Morgan fingerprint density at radius 1 is 1.56 bits per heavy atom. The molecule has 2 heterocycles. The maximum Gasteiger partial charge on any atom is 0.228 e. The van der Waals surface area contributed by atoms with Crippen molar-refractivity contribution in [3.63, 3.8) is 0 Å². The average Bonchev–Trinajstić information content (AvgIpc) is 2.59. The van der Waals surface area contributed by atoms with E-state index in [1.807, 2.05) is 18.5 Å². The first-order valence-electron chi connectivity index (χ1n) is 5.71. The summed E-state index contributed by atoms with van der Waals surface area (Å²) in [7, 11) is 0. The van der Waals surface area contributed by atoms with Crippen molar-refractivity contribution >= 4 is 17.4 Å². The van der Waals surface area contributed by atoms with Crippen LogP contribution in [0, 0.1) is 5.92 Å². The van der Waals surface area contributed by atoms with Crippen molar-refractivity contribution in [3.05, 3.63) is 6.20 Å². The molecule has 88 valence electrons. The van der Waals surface area contributed by atoms with Crippen molar-refractivity contribution in [1.29, 1.82) is 0 Å². The topological polar surface area (TPSA) is 64.2 Å². The number of fused-ring (bicyclic) bond motifs is 1. The normalized spacial score (nSPS) is 15.3. The van der Waals surface area contributed by atoms with E-state index in [2.05, 4.69) is 5.10 Å². The molecule has 0 saturated carbocycles. The van der Waals surface area contributed by atoms with Gasteiger partial charge in [0.25, 0.3) is 0 Å². The fraction of sp³-hybridized carbons (Fsp3) is 0.636. The molecule has 16 heavy (non-hydrogen) atoms. The number of carbonyl (C=O) groups is 1. The van der Waals surface area contributed by atoms with Gasteiger partial charge in [-0.25, -0.2) is 4.68 Å². The molecular formula is C11H18N4O. The average molecular weight is 222 g/mol. The summed E-state index contributed by atoms with van der Waals surface area (Å²) >= 11 is 0. The summed E-state index contributed by atoms with van der Waals surface area (Å²) in [6, 6.07) is 0. The number of carbonyl (C=O) groups excluding carboxylic acids is 1. The Bertz CT molecular complexity index is 397. The van der Waals surface area contributed by atoms with Gasteiger partial charge in [0.05, 0.1) is 11.9 Å². The van der Waals surface area contributed by atoms with Gasteiger partial charge in [0.15, 0.2) is 5.82 Å². The molecule has 0 fully saturated rings. The molecule has 1 aromatic rings. The Hall–Kier alpha value is -1.52. The van der Waals surface area contributed by atoms with Crippen LogP contribution in [0.2, 0.25) is 0 Å². The number of nitrogen functional groups attached to an aromatic ring is 1. The van der Waals surface area contributed by atoms with Gasteiger partial charge < -0.3 is 5.73 Å². The molecule has 5 heteroatoms. The van der Waals surface area contributed by atoms with Crippen molar-refractivity contribution in [2.24, 2.45) is 5.92 Å². The molecule has 0 aromatic carbocycles. The molecule has 0 bridgehead atoms. The maximum absolute atomic E-state index is 12.1. The number of nitrogens with zero attached hydrogens (tertiary/aromatic N) is 3. The monoisotopic (exact) mass is 222 g/mol. The van der Waals surface area contributed by atoms with Gasteiger partial charge in [-0.1, -0.05) is 13.8 Å². The summed E-state index contributed by atoms with van der Waals surface area (Å²) in [4.78, 5) is 13.8. The largest absolute Gasteiger partial charge is 0.394 e. The van der Waals surface area contributed by atoms with Crippen LogP contribution in [0.15, 0.2) is 6.20 Å². The van der Waals surface area contributed by atoms with E-state index in [9.17, 15) is 4.79 Å². The Morgan fingerprint density at radius 2 is 2.31 bits per heavy atom. The van der Waals surface area contributed by atoms with E-state index in [0.29, 0.717) is 18.0 Å². The molecule has 5 nitrogen and oxygen atoms in total. The molecule has 0 saturated heterocycles. The standard InChI is InChI=1S/C11H18N4O/c1-8(2)6-10(16)14-4-3-5-15-11(14)9(12)7-13-15/h7-8H,3-6,12H2,1-2H3. The minimum atomic E-state index is 0.142. The van der Waals surface area contributed by atoms with Gasteiger partial charge in [0.1, 0.15) is 0 Å². The Kier molecular flexibility index (Phi) is 2.85. The second kappa shape index (κ2) is 4.15. The Labute approximate surface area is 95.2 Å². The first kappa shape index (κ1) is 11.0. The van der Waals surface area contributed by atoms with Crippen molar-refractivity contribution in [2.45, 2.75) is 33.2 Å². The maximum atomic E-state index is 12.1. The molecule has 1 aliphatic rings. The smallest absolute Gasteiger partial charge is 0.228 e. The highest BCUT2D eigenvalue weighted by atomic mass is 16.2. The van der Waals surface area contributed by atoms with Crippen molar-refractivity contribution in [1.82, 2.24) is 9.78 Å². The minimum Gasteiger partial charge on any atom is -0.394 e. The van der Waals surface area contributed by atoms with Gasteiger partial charge in [-0.3, -0.25) is 9.69 Å². The number of anilines is 2. The van der Waals surface area contributed by atoms with Crippen molar-refractivity contribution in [2.75, 3.05) is 17.2 Å². The molecule has 2 rings (SSSR count). The fourth-order valence-corrected chi connectivity index (χ4v) is 2.04. The van der Waals surface area contributed by atoms with E-state index in [-0.39, 0.29) is 5.91 Å². The molecule has 1 aromatic heterocycles. The summed E-state index contributed by atoms with van der Waals surface area (Å²) in [6.07, 6.45) is 3.12. The highest BCUT2D eigenvalue weighted by Gasteiger charge is 2.25. The summed E-state index contributed by atoms with van der Waals surface area (Å²) in [6.45, 7) is 5.68. The number of aromatic nitrogens is 2. The lowest BCUT2D eigenvalue weighted by atomic mass is 10.1. The Morgan fingerprint density at radius 3 is 3.00 bits per heavy atom. The van der Waals surface area contributed by atoms with Crippen LogP contribution in [-0.4, -0.2) is 22.2 Å². The van der Waals surface area contributed by atoms with E-state index < -0.39 is 0 Å². The third kappa shape index (κ3) is 1.89. The van der Waals surface area contributed by atoms with E-state index >= 15 is 0 Å². The van der Waals surface area contributed by atoms with Gasteiger partial charge in [0, 0.05) is 19.5 Å². The first-order chi connectivity index (χ1) is 7.59. The third-order valence-electron chi connectivity index (χ3n) is 2.73. The van der Waals surface area contributed by atoms with Gasteiger partial charge in [-0.15, -0.1) is 0 Å². The van der Waals surface area contributed by atoms with Gasteiger partial charge in [-0.2, -0.15) is 5.10 Å². The second-order valence-corrected chi connectivity index (χ2v) is 4.64. The molecule has 0 unspecified atom stereocenters. The van der Waals surface area contributed by atoms with E-state index in [1.54, 1.807) is 11.1 Å². The number of rotatable bonds is 2. The van der Waals surface area contributed by atoms with Crippen molar-refractivity contribution < 1.29 is 4.79 Å². The Balaban J connectivity index is 2.24. The van der Waals surface area contributed by atoms with Gasteiger partial charge in [-0.05, 0) is 12.3 Å².